The SMILES string of the molecule is O=CNc1cccc(C(=O)CC2Cc3ccccc3C2O)c1O. The molecular weight excluding hydrogens is 294 g/mol. The highest BCUT2D eigenvalue weighted by molar-refractivity contribution is 6.01. The molecule has 1 amide bonds. The second kappa shape index (κ2) is 6.22. The number of carbonyl (C=O) groups is 2. The van der Waals surface area contributed by atoms with Gasteiger partial charge in [0.25, 0.3) is 0 Å². The van der Waals surface area contributed by atoms with Crippen LogP contribution in [0, 0.1) is 5.92 Å². The first-order valence-electron chi connectivity index (χ1n) is 7.43. The van der Waals surface area contributed by atoms with Crippen LogP contribution in [0.3, 0.4) is 0 Å². The number of hydrogen-bond acceptors (Lipinski definition) is 4. The summed E-state index contributed by atoms with van der Waals surface area (Å²) in [6, 6.07) is 12.2. The van der Waals surface area contributed by atoms with Crippen LogP contribution in [-0.4, -0.2) is 22.4 Å². The average molecular weight is 311 g/mol. The summed E-state index contributed by atoms with van der Waals surface area (Å²) < 4.78 is 0. The van der Waals surface area contributed by atoms with Crippen molar-refractivity contribution in [3.05, 3.63) is 59.2 Å². The molecule has 23 heavy (non-hydrogen) atoms. The van der Waals surface area contributed by atoms with Crippen LogP contribution in [0.1, 0.15) is 34.0 Å². The molecule has 5 nitrogen and oxygen atoms in total. The molecule has 0 bridgehead atoms. The number of para-hydroxylation sites is 1. The maximum atomic E-state index is 12.5. The molecule has 0 spiro atoms. The highest BCUT2D eigenvalue weighted by atomic mass is 16.3. The standard InChI is InChI=1S/C18H17NO4/c20-10-19-15-7-3-6-14(18(15)23)16(21)9-12-8-11-4-1-2-5-13(11)17(12)22/h1-7,10,12,17,22-23H,8-9H2,(H,19,20). The van der Waals surface area contributed by atoms with Crippen molar-refractivity contribution in [2.75, 3.05) is 5.32 Å². The zero-order chi connectivity index (χ0) is 16.4. The van der Waals surface area contributed by atoms with Gasteiger partial charge in [-0.1, -0.05) is 30.3 Å². The van der Waals surface area contributed by atoms with E-state index in [1.807, 2.05) is 24.3 Å². The summed E-state index contributed by atoms with van der Waals surface area (Å²) in [5.41, 5.74) is 2.27. The van der Waals surface area contributed by atoms with Crippen LogP contribution in [0.25, 0.3) is 0 Å². The molecule has 2 atom stereocenters. The molecule has 0 aromatic heterocycles. The van der Waals surface area contributed by atoms with Gasteiger partial charge in [0.2, 0.25) is 6.41 Å². The number of ketones is 1. The summed E-state index contributed by atoms with van der Waals surface area (Å²) in [7, 11) is 0. The topological polar surface area (TPSA) is 86.6 Å². The lowest BCUT2D eigenvalue weighted by Crippen LogP contribution is -2.14. The Morgan fingerprint density at radius 2 is 2.00 bits per heavy atom. The molecule has 2 aromatic rings. The van der Waals surface area contributed by atoms with Crippen molar-refractivity contribution in [1.29, 1.82) is 0 Å². The number of hydrogen-bond donors (Lipinski definition) is 3. The lowest BCUT2D eigenvalue weighted by molar-refractivity contribution is -0.105. The van der Waals surface area contributed by atoms with Crippen molar-refractivity contribution in [2.45, 2.75) is 18.9 Å². The van der Waals surface area contributed by atoms with Crippen LogP contribution in [0.2, 0.25) is 0 Å². The van der Waals surface area contributed by atoms with E-state index < -0.39 is 6.10 Å². The smallest absolute Gasteiger partial charge is 0.211 e. The number of aliphatic hydroxyl groups is 1. The van der Waals surface area contributed by atoms with E-state index in [1.165, 1.54) is 12.1 Å². The number of anilines is 1. The molecule has 0 saturated carbocycles. The van der Waals surface area contributed by atoms with Gasteiger partial charge < -0.3 is 15.5 Å². The molecule has 0 fully saturated rings. The second-order valence-corrected chi connectivity index (χ2v) is 5.70. The van der Waals surface area contributed by atoms with Crippen molar-refractivity contribution in [2.24, 2.45) is 5.92 Å². The van der Waals surface area contributed by atoms with E-state index in [4.69, 9.17) is 0 Å². The van der Waals surface area contributed by atoms with Gasteiger partial charge in [0.1, 0.15) is 5.75 Å². The Balaban J connectivity index is 1.79. The summed E-state index contributed by atoms with van der Waals surface area (Å²) >= 11 is 0. The maximum Gasteiger partial charge on any atom is 0.211 e. The Labute approximate surface area is 133 Å². The summed E-state index contributed by atoms with van der Waals surface area (Å²) in [6.07, 6.45) is 0.540. The number of aromatic hydroxyl groups is 1. The lowest BCUT2D eigenvalue weighted by Gasteiger charge is -2.15. The zero-order valence-electron chi connectivity index (χ0n) is 12.4. The van der Waals surface area contributed by atoms with E-state index in [0.717, 1.165) is 11.1 Å². The van der Waals surface area contributed by atoms with Crippen LogP contribution in [0.5, 0.6) is 5.75 Å². The highest BCUT2D eigenvalue weighted by Gasteiger charge is 2.32. The molecule has 0 heterocycles. The lowest BCUT2D eigenvalue weighted by atomic mass is 9.93. The summed E-state index contributed by atoms with van der Waals surface area (Å²) in [5.74, 6) is -0.703. The molecule has 5 heteroatoms. The number of rotatable bonds is 5. The number of carbonyl (C=O) groups excluding carboxylic acids is 2. The number of nitrogens with one attached hydrogen (secondary N) is 1. The van der Waals surface area contributed by atoms with Crippen molar-refractivity contribution in [3.63, 3.8) is 0 Å². The summed E-state index contributed by atoms with van der Waals surface area (Å²) in [6.45, 7) is 0. The van der Waals surface area contributed by atoms with Crippen LogP contribution < -0.4 is 5.32 Å². The van der Waals surface area contributed by atoms with E-state index in [-0.39, 0.29) is 35.1 Å². The van der Waals surface area contributed by atoms with Gasteiger partial charge in [0.05, 0.1) is 17.4 Å². The fraction of sp³-hybridized carbons (Fsp3) is 0.222. The van der Waals surface area contributed by atoms with Gasteiger partial charge in [0.15, 0.2) is 5.78 Å². The third-order valence-electron chi connectivity index (χ3n) is 4.30. The molecule has 3 N–H and O–H groups in total. The predicted octanol–water partition coefficient (Wildman–Crippen LogP) is 2.44. The molecule has 3 rings (SSSR count). The molecular formula is C18H17NO4. The summed E-state index contributed by atoms with van der Waals surface area (Å²) in [4.78, 5) is 23.0. The third kappa shape index (κ3) is 2.83. The van der Waals surface area contributed by atoms with Crippen molar-refractivity contribution in [1.82, 2.24) is 0 Å². The van der Waals surface area contributed by atoms with Crippen molar-refractivity contribution >= 4 is 17.9 Å². The Hall–Kier alpha value is -2.66. The number of phenolic OH excluding ortho intramolecular Hbond substituents is 1. The Morgan fingerprint density at radius 3 is 2.74 bits per heavy atom. The maximum absolute atomic E-state index is 12.5. The minimum Gasteiger partial charge on any atom is -0.505 e. The fourth-order valence-electron chi connectivity index (χ4n) is 3.14. The number of phenols is 1. The van der Waals surface area contributed by atoms with Gasteiger partial charge in [-0.25, -0.2) is 0 Å². The fourth-order valence-corrected chi connectivity index (χ4v) is 3.14. The van der Waals surface area contributed by atoms with Crippen molar-refractivity contribution < 1.29 is 19.8 Å². The second-order valence-electron chi connectivity index (χ2n) is 5.70. The van der Waals surface area contributed by atoms with Gasteiger partial charge in [0, 0.05) is 12.3 Å². The highest BCUT2D eigenvalue weighted by Crippen LogP contribution is 2.39. The predicted molar refractivity (Wildman–Crippen MR) is 85.3 cm³/mol. The molecule has 2 unspecified atom stereocenters. The Bertz CT molecular complexity index is 756. The minimum absolute atomic E-state index is 0.133. The molecule has 0 saturated heterocycles. The van der Waals surface area contributed by atoms with E-state index >= 15 is 0 Å². The number of fused-ring (bicyclic) bond motifs is 1. The number of amides is 1. The molecule has 1 aliphatic rings. The van der Waals surface area contributed by atoms with E-state index in [2.05, 4.69) is 5.32 Å². The first-order valence-corrected chi connectivity index (χ1v) is 7.43. The van der Waals surface area contributed by atoms with Crippen LogP contribution in [-0.2, 0) is 11.2 Å². The first kappa shape index (κ1) is 15.2. The summed E-state index contributed by atoms with van der Waals surface area (Å²) in [5, 5.41) is 22.8. The van der Waals surface area contributed by atoms with Crippen LogP contribution in [0.4, 0.5) is 5.69 Å². The molecule has 2 aromatic carbocycles. The molecule has 0 aliphatic heterocycles. The number of aliphatic hydroxyl groups excluding tert-OH is 1. The van der Waals surface area contributed by atoms with E-state index in [9.17, 15) is 19.8 Å². The zero-order valence-corrected chi connectivity index (χ0v) is 12.4. The normalized spacial score (nSPS) is 19.2. The van der Waals surface area contributed by atoms with Crippen LogP contribution in [0.15, 0.2) is 42.5 Å². The van der Waals surface area contributed by atoms with Gasteiger partial charge in [-0.15, -0.1) is 0 Å². The van der Waals surface area contributed by atoms with Crippen molar-refractivity contribution in [3.8, 4) is 5.75 Å². The van der Waals surface area contributed by atoms with E-state index in [1.54, 1.807) is 6.07 Å². The van der Waals surface area contributed by atoms with Gasteiger partial charge >= 0.3 is 0 Å². The average Bonchev–Trinajstić information content (AvgIpc) is 2.86. The number of Topliss-reactive ketones (excluding diaryl/α,β-unsaturated/α-hetero) is 1. The first-order chi connectivity index (χ1) is 11.1. The van der Waals surface area contributed by atoms with E-state index in [0.29, 0.717) is 12.8 Å². The van der Waals surface area contributed by atoms with Gasteiger partial charge in [-0.05, 0) is 29.7 Å². The van der Waals surface area contributed by atoms with Gasteiger partial charge in [-0.3, -0.25) is 9.59 Å². The number of benzene rings is 2. The monoisotopic (exact) mass is 311 g/mol. The molecule has 1 aliphatic carbocycles. The quantitative estimate of drug-likeness (QED) is 0.450. The Morgan fingerprint density at radius 1 is 1.22 bits per heavy atom. The largest absolute Gasteiger partial charge is 0.505 e. The minimum atomic E-state index is -0.673. The Kier molecular flexibility index (Phi) is 4.12. The van der Waals surface area contributed by atoms with Crippen LogP contribution >= 0.6 is 0 Å². The van der Waals surface area contributed by atoms with Gasteiger partial charge in [-0.2, -0.15) is 0 Å². The third-order valence-corrected chi connectivity index (χ3v) is 4.30. The molecule has 118 valence electrons. The molecule has 0 radical (unpaired) electrons.